The van der Waals surface area contributed by atoms with Crippen LogP contribution >= 0.6 is 7.82 Å². The molecule has 0 aromatic heterocycles. The van der Waals surface area contributed by atoms with E-state index in [0.717, 1.165) is 96.3 Å². The first-order valence-corrected chi connectivity index (χ1v) is 24.3. The summed E-state index contributed by atoms with van der Waals surface area (Å²) in [4.78, 5) is 23.0. The Balaban J connectivity index is 2.35. The van der Waals surface area contributed by atoms with Gasteiger partial charge in [-0.3, -0.25) is 13.8 Å². The first kappa shape index (κ1) is 55.8. The van der Waals surface area contributed by atoms with Crippen LogP contribution in [-0.2, 0) is 27.9 Å². The smallest absolute Gasteiger partial charge is 0.457 e. The van der Waals surface area contributed by atoms with E-state index in [9.17, 15) is 39.8 Å². The second-order valence-electron chi connectivity index (χ2n) is 15.5. The van der Waals surface area contributed by atoms with Gasteiger partial charge >= 0.3 is 13.8 Å². The number of aliphatic hydroxyl groups excluding tert-OH is 5. The zero-order valence-corrected chi connectivity index (χ0v) is 37.6. The predicted molar refractivity (Wildman–Crippen MR) is 239 cm³/mol. The van der Waals surface area contributed by atoms with Gasteiger partial charge in [0.2, 0.25) is 0 Å². The average molecular weight is 869 g/mol. The maximum Gasteiger partial charge on any atom is 0.472 e. The van der Waals surface area contributed by atoms with Crippen LogP contribution in [-0.4, -0.2) is 98.9 Å². The fourth-order valence-electron chi connectivity index (χ4n) is 6.48. The van der Waals surface area contributed by atoms with Crippen LogP contribution in [0.5, 0.6) is 0 Å². The Bertz CT molecular complexity index is 1260. The number of carbonyl (C=O) groups excluding carboxylic acids is 1. The monoisotopic (exact) mass is 869 g/mol. The Morgan fingerprint density at radius 3 is 1.50 bits per heavy atom. The highest BCUT2D eigenvalue weighted by Gasteiger charge is 2.51. The van der Waals surface area contributed by atoms with Crippen molar-refractivity contribution in [2.45, 2.75) is 198 Å². The van der Waals surface area contributed by atoms with Crippen molar-refractivity contribution in [2.24, 2.45) is 0 Å². The van der Waals surface area contributed by atoms with Crippen LogP contribution in [0.3, 0.4) is 0 Å². The topological polar surface area (TPSA) is 192 Å². The lowest BCUT2D eigenvalue weighted by atomic mass is 9.85. The molecule has 12 nitrogen and oxygen atoms in total. The molecule has 0 aromatic carbocycles. The van der Waals surface area contributed by atoms with Crippen molar-refractivity contribution >= 4 is 13.8 Å². The van der Waals surface area contributed by atoms with Crippen molar-refractivity contribution in [3.63, 3.8) is 0 Å². The minimum absolute atomic E-state index is 0.0928. The third-order valence-electron chi connectivity index (χ3n) is 10.1. The summed E-state index contributed by atoms with van der Waals surface area (Å²) in [6, 6.07) is 0. The quantitative estimate of drug-likeness (QED) is 0.0150. The molecule has 0 aromatic rings. The molecule has 0 radical (unpaired) electrons. The second-order valence-corrected chi connectivity index (χ2v) is 16.9. The van der Waals surface area contributed by atoms with Crippen molar-refractivity contribution in [1.29, 1.82) is 0 Å². The van der Waals surface area contributed by atoms with Gasteiger partial charge in [0, 0.05) is 13.0 Å². The summed E-state index contributed by atoms with van der Waals surface area (Å²) < 4.78 is 34.1. The van der Waals surface area contributed by atoms with Gasteiger partial charge in [0.25, 0.3) is 0 Å². The maximum atomic E-state index is 12.8. The molecule has 1 fully saturated rings. The number of allylic oxidation sites excluding steroid dienone is 12. The molecule has 0 amide bonds. The van der Waals surface area contributed by atoms with Crippen LogP contribution in [0.25, 0.3) is 0 Å². The summed E-state index contributed by atoms with van der Waals surface area (Å²) in [5.41, 5.74) is 0. The molecular formula is C47H81O12P. The average Bonchev–Trinajstić information content (AvgIpc) is 3.23. The van der Waals surface area contributed by atoms with E-state index in [-0.39, 0.29) is 13.0 Å². The molecule has 6 unspecified atom stereocenters. The number of esters is 1. The third kappa shape index (κ3) is 29.1. The minimum Gasteiger partial charge on any atom is -0.457 e. The summed E-state index contributed by atoms with van der Waals surface area (Å²) in [7, 11) is -5.02. The number of hydrogen-bond acceptors (Lipinski definition) is 11. The molecule has 1 saturated carbocycles. The molecule has 0 saturated heterocycles. The molecule has 346 valence electrons. The Morgan fingerprint density at radius 1 is 0.550 bits per heavy atom. The number of carbonyl (C=O) groups is 1. The van der Waals surface area contributed by atoms with Crippen molar-refractivity contribution < 1.29 is 58.3 Å². The fraction of sp³-hybridized carbons (Fsp3) is 0.723. The molecule has 1 rings (SSSR count). The van der Waals surface area contributed by atoms with Gasteiger partial charge in [-0.1, -0.05) is 157 Å². The first-order chi connectivity index (χ1) is 29.0. The minimum atomic E-state index is -5.02. The zero-order chi connectivity index (χ0) is 44.1. The molecule has 0 heterocycles. The van der Waals surface area contributed by atoms with Gasteiger partial charge < -0.3 is 39.9 Å². The largest absolute Gasteiger partial charge is 0.472 e. The molecule has 0 bridgehead atoms. The van der Waals surface area contributed by atoms with Crippen LogP contribution < -0.4 is 0 Å². The predicted octanol–water partition coefficient (Wildman–Crippen LogP) is 9.19. The van der Waals surface area contributed by atoms with Gasteiger partial charge in [0.15, 0.2) is 0 Å². The summed E-state index contributed by atoms with van der Waals surface area (Å²) in [5, 5.41) is 50.1. The molecule has 1 aliphatic rings. The van der Waals surface area contributed by atoms with Gasteiger partial charge in [-0.05, 0) is 64.2 Å². The van der Waals surface area contributed by atoms with Gasteiger partial charge in [-0.25, -0.2) is 4.57 Å². The number of hydrogen-bond donors (Lipinski definition) is 6. The standard InChI is InChI=1S/C47H81O12P/c1-3-5-7-9-11-13-14-15-16-17-18-19-20-21-22-23-24-25-26-27-29-31-33-35-37-56-38-40(58-41(48)36-34-32-30-28-12-10-8-6-4-2)39-57-60(54,55)59-47-45(52)43(50)42(49)44(51)46(47)53/h5,7,11,13,15-16,18-19,21-22,24-25,40,42-47,49-53H,3-4,6,8-10,12,14,17,20,23,26-39H2,1-2H3,(H,54,55)/b7-5-,13-11-,16-15-,19-18-,22-21-,25-24-. The zero-order valence-electron chi connectivity index (χ0n) is 36.7. The highest BCUT2D eigenvalue weighted by Crippen LogP contribution is 2.47. The van der Waals surface area contributed by atoms with Gasteiger partial charge in [0.05, 0.1) is 13.2 Å². The number of rotatable bonds is 37. The lowest BCUT2D eigenvalue weighted by molar-refractivity contribution is -0.220. The van der Waals surface area contributed by atoms with E-state index in [1.165, 1.54) is 32.1 Å². The van der Waals surface area contributed by atoms with Gasteiger partial charge in [-0.15, -0.1) is 0 Å². The van der Waals surface area contributed by atoms with Crippen LogP contribution in [0.1, 0.15) is 155 Å². The van der Waals surface area contributed by atoms with Crippen LogP contribution in [0.2, 0.25) is 0 Å². The second kappa shape index (κ2) is 37.3. The van der Waals surface area contributed by atoms with Crippen LogP contribution in [0.4, 0.5) is 0 Å². The van der Waals surface area contributed by atoms with E-state index < -0.39 is 63.1 Å². The summed E-state index contributed by atoms with van der Waals surface area (Å²) in [6.07, 6.45) is 35.6. The summed E-state index contributed by atoms with van der Waals surface area (Å²) in [6.45, 7) is 4.05. The van der Waals surface area contributed by atoms with E-state index >= 15 is 0 Å². The van der Waals surface area contributed by atoms with Crippen LogP contribution in [0, 0.1) is 0 Å². The Kier molecular flexibility index (Phi) is 34.7. The van der Waals surface area contributed by atoms with Gasteiger partial charge in [-0.2, -0.15) is 0 Å². The van der Waals surface area contributed by atoms with Gasteiger partial charge in [0.1, 0.15) is 42.7 Å². The number of phosphoric acid groups is 1. The summed E-state index contributed by atoms with van der Waals surface area (Å²) >= 11 is 0. The van der Waals surface area contributed by atoms with E-state index in [1.807, 2.05) is 0 Å². The third-order valence-corrected chi connectivity index (χ3v) is 11.1. The van der Waals surface area contributed by atoms with Crippen molar-refractivity contribution in [2.75, 3.05) is 19.8 Å². The number of phosphoric ester groups is 1. The Hall–Kier alpha value is -2.22. The molecule has 1 aliphatic carbocycles. The van der Waals surface area contributed by atoms with E-state index in [4.69, 9.17) is 18.5 Å². The van der Waals surface area contributed by atoms with Crippen molar-refractivity contribution in [3.8, 4) is 0 Å². The maximum absolute atomic E-state index is 12.8. The highest BCUT2D eigenvalue weighted by atomic mass is 31.2. The molecule has 0 aliphatic heterocycles. The lowest BCUT2D eigenvalue weighted by Gasteiger charge is -2.41. The SMILES string of the molecule is CC/C=C\C/C=C\C/C=C\C/C=C\C/C=C\C/C=C\CCCCCCCOCC(COP(=O)(O)OC1C(O)C(O)C(O)C(O)C1O)OC(=O)CCCCCCCCCCC. The molecular weight excluding hydrogens is 787 g/mol. The van der Waals surface area contributed by atoms with E-state index in [0.29, 0.717) is 13.0 Å². The van der Waals surface area contributed by atoms with Crippen LogP contribution in [0.15, 0.2) is 72.9 Å². The lowest BCUT2D eigenvalue weighted by Crippen LogP contribution is -2.64. The molecule has 6 N–H and O–H groups in total. The van der Waals surface area contributed by atoms with Crippen molar-refractivity contribution in [1.82, 2.24) is 0 Å². The van der Waals surface area contributed by atoms with Crippen molar-refractivity contribution in [3.05, 3.63) is 72.9 Å². The molecule has 0 spiro atoms. The summed E-state index contributed by atoms with van der Waals surface area (Å²) in [5.74, 6) is -0.492. The Labute approximate surface area is 361 Å². The number of unbranched alkanes of at least 4 members (excludes halogenated alkanes) is 13. The molecule has 13 heteroatoms. The highest BCUT2D eigenvalue weighted by molar-refractivity contribution is 7.47. The normalized spacial score (nSPS) is 23.0. The van der Waals surface area contributed by atoms with E-state index in [2.05, 4.69) is 86.8 Å². The first-order valence-electron chi connectivity index (χ1n) is 22.8. The van der Waals surface area contributed by atoms with E-state index in [1.54, 1.807) is 0 Å². The number of ether oxygens (including phenoxy) is 2. The molecule has 6 atom stereocenters. The fourth-order valence-corrected chi connectivity index (χ4v) is 7.45. The molecule has 60 heavy (non-hydrogen) atoms. The Morgan fingerprint density at radius 2 is 0.983 bits per heavy atom. The number of aliphatic hydroxyl groups is 5.